The average Bonchev–Trinajstić information content (AvgIpc) is 2.68. The topological polar surface area (TPSA) is 9.23 Å². The number of hydrogen-bond acceptors (Lipinski definition) is 1. The van der Waals surface area contributed by atoms with Gasteiger partial charge in [-0.05, 0) is 38.3 Å². The molecule has 1 radical (unpaired) electrons. The Bertz CT molecular complexity index is 919. The molecule has 0 amide bonds. The summed E-state index contributed by atoms with van der Waals surface area (Å²) >= 11 is 0. The van der Waals surface area contributed by atoms with Crippen molar-refractivity contribution in [1.29, 1.82) is 0 Å². The maximum atomic E-state index is 6.48. The van der Waals surface area contributed by atoms with Crippen LogP contribution in [0, 0.1) is 0 Å². The van der Waals surface area contributed by atoms with E-state index in [-0.39, 0.29) is 0 Å². The minimum atomic E-state index is -1.31. The van der Waals surface area contributed by atoms with Crippen molar-refractivity contribution in [3.8, 4) is 0 Å². The maximum absolute atomic E-state index is 6.48. The first-order valence-electron chi connectivity index (χ1n) is 8.84. The molecule has 0 aliphatic rings. The van der Waals surface area contributed by atoms with Gasteiger partial charge < -0.3 is 4.43 Å². The maximum Gasteiger partial charge on any atom is 0.284 e. The highest BCUT2D eigenvalue weighted by Crippen LogP contribution is 2.16. The summed E-state index contributed by atoms with van der Waals surface area (Å²) in [5.41, 5.74) is 0. The molecule has 25 heavy (non-hydrogen) atoms. The first kappa shape index (κ1) is 16.1. The summed E-state index contributed by atoms with van der Waals surface area (Å²) in [4.78, 5) is 0. The highest BCUT2D eigenvalue weighted by Gasteiger charge is 2.23. The first-order valence-corrected chi connectivity index (χ1v) is 10.3. The summed E-state index contributed by atoms with van der Waals surface area (Å²) in [5.74, 6) is 0. The van der Waals surface area contributed by atoms with E-state index in [1.807, 2.05) is 0 Å². The van der Waals surface area contributed by atoms with E-state index in [9.17, 15) is 0 Å². The van der Waals surface area contributed by atoms with Gasteiger partial charge in [0.05, 0.1) is 0 Å². The lowest BCUT2D eigenvalue weighted by Gasteiger charge is -2.19. The fourth-order valence-corrected chi connectivity index (χ4v) is 5.80. The van der Waals surface area contributed by atoms with Gasteiger partial charge in [0.1, 0.15) is 0 Å². The molecule has 0 fully saturated rings. The van der Waals surface area contributed by atoms with Crippen LogP contribution in [-0.2, 0) is 4.43 Å². The van der Waals surface area contributed by atoms with Gasteiger partial charge in [0.15, 0.2) is 0 Å². The van der Waals surface area contributed by atoms with E-state index in [0.717, 1.165) is 13.0 Å². The van der Waals surface area contributed by atoms with Crippen molar-refractivity contribution in [2.24, 2.45) is 0 Å². The Hall–Kier alpha value is -2.42. The molecule has 0 saturated heterocycles. The summed E-state index contributed by atoms with van der Waals surface area (Å²) in [5, 5.41) is 7.86. The van der Waals surface area contributed by atoms with Crippen molar-refractivity contribution in [3.05, 3.63) is 84.9 Å². The number of rotatable bonds is 5. The van der Waals surface area contributed by atoms with Crippen LogP contribution in [0.2, 0.25) is 0 Å². The quantitative estimate of drug-likeness (QED) is 0.485. The minimum Gasteiger partial charge on any atom is -0.407 e. The van der Waals surface area contributed by atoms with Crippen LogP contribution in [0.3, 0.4) is 0 Å². The molecule has 123 valence electrons. The molecule has 0 N–H and O–H groups in total. The van der Waals surface area contributed by atoms with Gasteiger partial charge in [-0.2, -0.15) is 0 Å². The molecule has 4 aromatic rings. The van der Waals surface area contributed by atoms with Gasteiger partial charge in [0.25, 0.3) is 9.04 Å². The van der Waals surface area contributed by atoms with Gasteiger partial charge >= 0.3 is 0 Å². The van der Waals surface area contributed by atoms with Crippen molar-refractivity contribution in [2.45, 2.75) is 13.3 Å². The van der Waals surface area contributed by atoms with E-state index >= 15 is 0 Å². The van der Waals surface area contributed by atoms with Crippen LogP contribution in [0.25, 0.3) is 21.5 Å². The van der Waals surface area contributed by atoms with Gasteiger partial charge in [0, 0.05) is 6.61 Å². The van der Waals surface area contributed by atoms with Crippen LogP contribution in [0.1, 0.15) is 13.3 Å². The summed E-state index contributed by atoms with van der Waals surface area (Å²) in [6.07, 6.45) is 1.03. The smallest absolute Gasteiger partial charge is 0.284 e. The molecule has 2 heteroatoms. The van der Waals surface area contributed by atoms with Gasteiger partial charge in [-0.25, -0.2) is 0 Å². The first-order chi connectivity index (χ1) is 12.4. The van der Waals surface area contributed by atoms with Crippen LogP contribution >= 0.6 is 0 Å². The van der Waals surface area contributed by atoms with E-state index in [2.05, 4.69) is 91.9 Å². The SMILES string of the molecule is CCCO[Si](c1cccc2ccccc12)c1cccc2ccccc12. The normalized spacial score (nSPS) is 11.4. The second-order valence-electron chi connectivity index (χ2n) is 6.23. The molecular formula is C23H21OSi. The fourth-order valence-electron chi connectivity index (χ4n) is 3.35. The number of hydrogen-bond donors (Lipinski definition) is 0. The van der Waals surface area contributed by atoms with Crippen molar-refractivity contribution in [2.75, 3.05) is 6.61 Å². The zero-order valence-electron chi connectivity index (χ0n) is 14.4. The molecular weight excluding hydrogens is 320 g/mol. The van der Waals surface area contributed by atoms with E-state index < -0.39 is 9.04 Å². The second-order valence-corrected chi connectivity index (χ2v) is 8.26. The second kappa shape index (κ2) is 7.22. The Balaban J connectivity index is 1.94. The largest absolute Gasteiger partial charge is 0.407 e. The highest BCUT2D eigenvalue weighted by atomic mass is 28.3. The molecule has 0 heterocycles. The molecule has 4 aromatic carbocycles. The van der Waals surface area contributed by atoms with E-state index in [1.165, 1.54) is 31.9 Å². The van der Waals surface area contributed by atoms with E-state index in [0.29, 0.717) is 0 Å². The molecule has 1 nitrogen and oxygen atoms in total. The summed E-state index contributed by atoms with van der Waals surface area (Å²) in [6, 6.07) is 30.4. The Morgan fingerprint density at radius 3 is 1.64 bits per heavy atom. The van der Waals surface area contributed by atoms with E-state index in [1.54, 1.807) is 0 Å². The number of benzene rings is 4. The van der Waals surface area contributed by atoms with Gasteiger partial charge in [-0.3, -0.25) is 0 Å². The molecule has 0 aliphatic carbocycles. The van der Waals surface area contributed by atoms with Gasteiger partial charge in [-0.1, -0.05) is 91.9 Å². The predicted molar refractivity (Wildman–Crippen MR) is 109 cm³/mol. The Kier molecular flexibility index (Phi) is 4.64. The fraction of sp³-hybridized carbons (Fsp3) is 0.130. The lowest BCUT2D eigenvalue weighted by atomic mass is 10.1. The molecule has 0 spiro atoms. The van der Waals surface area contributed by atoms with Crippen molar-refractivity contribution >= 4 is 41.0 Å². The van der Waals surface area contributed by atoms with Crippen LogP contribution in [0.15, 0.2) is 84.9 Å². The van der Waals surface area contributed by atoms with Crippen LogP contribution in [0.5, 0.6) is 0 Å². The average molecular weight is 342 g/mol. The lowest BCUT2D eigenvalue weighted by Crippen LogP contribution is -2.46. The molecule has 0 unspecified atom stereocenters. The van der Waals surface area contributed by atoms with Crippen molar-refractivity contribution in [3.63, 3.8) is 0 Å². The zero-order chi connectivity index (χ0) is 17.1. The Morgan fingerprint density at radius 2 is 1.12 bits per heavy atom. The monoisotopic (exact) mass is 341 g/mol. The van der Waals surface area contributed by atoms with Gasteiger partial charge in [0.2, 0.25) is 0 Å². The predicted octanol–water partition coefficient (Wildman–Crippen LogP) is 4.53. The summed E-state index contributed by atoms with van der Waals surface area (Å²) < 4.78 is 6.48. The Labute approximate surface area is 150 Å². The molecule has 0 atom stereocenters. The minimum absolute atomic E-state index is 0.792. The lowest BCUT2D eigenvalue weighted by molar-refractivity contribution is 0.333. The molecule has 0 bridgehead atoms. The molecule has 0 aliphatic heterocycles. The highest BCUT2D eigenvalue weighted by molar-refractivity contribution is 6.83. The third kappa shape index (κ3) is 3.11. The molecule has 4 rings (SSSR count). The van der Waals surface area contributed by atoms with Gasteiger partial charge in [-0.15, -0.1) is 0 Å². The van der Waals surface area contributed by atoms with Crippen LogP contribution in [0.4, 0.5) is 0 Å². The zero-order valence-corrected chi connectivity index (χ0v) is 15.4. The Morgan fingerprint density at radius 1 is 0.640 bits per heavy atom. The third-order valence-electron chi connectivity index (χ3n) is 4.52. The van der Waals surface area contributed by atoms with Crippen LogP contribution in [-0.4, -0.2) is 15.6 Å². The van der Waals surface area contributed by atoms with E-state index in [4.69, 9.17) is 4.43 Å². The summed E-state index contributed by atoms with van der Waals surface area (Å²) in [6.45, 7) is 2.96. The van der Waals surface area contributed by atoms with Crippen molar-refractivity contribution < 1.29 is 4.43 Å². The van der Waals surface area contributed by atoms with Crippen molar-refractivity contribution in [1.82, 2.24) is 0 Å². The third-order valence-corrected chi connectivity index (χ3v) is 6.86. The molecule has 0 saturated carbocycles. The van der Waals surface area contributed by atoms with Crippen LogP contribution < -0.4 is 10.4 Å². The molecule has 0 aromatic heterocycles. The summed E-state index contributed by atoms with van der Waals surface area (Å²) in [7, 11) is -1.31. The standard InChI is InChI=1S/C23H21OSi/c1-2-17-24-25(22-15-7-11-18-9-3-5-13-20(18)22)23-16-8-12-19-10-4-6-14-21(19)23/h3-16H,2,17H2,1H3. The number of fused-ring (bicyclic) bond motifs is 2.